The molecule has 0 aromatic heterocycles. The Labute approximate surface area is 192 Å². The molecule has 3 aromatic carbocycles. The Kier molecular flexibility index (Phi) is 4.86. The Morgan fingerprint density at radius 2 is 1.88 bits per heavy atom. The molecule has 1 unspecified atom stereocenters. The predicted molar refractivity (Wildman–Crippen MR) is 123 cm³/mol. The van der Waals surface area contributed by atoms with E-state index in [1.165, 1.54) is 5.56 Å². The summed E-state index contributed by atoms with van der Waals surface area (Å²) >= 11 is 0. The number of amides is 1. The molecule has 1 amide bonds. The minimum Gasteiger partial charge on any atom is -0.488 e. The van der Waals surface area contributed by atoms with Gasteiger partial charge < -0.3 is 23.8 Å². The molecule has 2 heterocycles. The molecule has 0 N–H and O–H groups in total. The maximum absolute atomic E-state index is 12.8. The van der Waals surface area contributed by atoms with Gasteiger partial charge >= 0.3 is 6.09 Å². The molecule has 3 aromatic rings. The number of hydrogen-bond acceptors (Lipinski definition) is 5. The van der Waals surface area contributed by atoms with Crippen LogP contribution in [-0.2, 0) is 24.2 Å². The van der Waals surface area contributed by atoms with Crippen LogP contribution in [0.5, 0.6) is 17.2 Å². The first-order chi connectivity index (χ1) is 16.2. The van der Waals surface area contributed by atoms with E-state index in [0.29, 0.717) is 26.2 Å². The second-order valence-corrected chi connectivity index (χ2v) is 8.51. The molecule has 1 aliphatic carbocycles. The number of carbonyl (C=O) groups excluding carboxylic acids is 1. The number of fused-ring (bicyclic) bond motifs is 3. The predicted octanol–water partition coefficient (Wildman–Crippen LogP) is 5.27. The molecule has 0 saturated heterocycles. The summed E-state index contributed by atoms with van der Waals surface area (Å²) in [6, 6.07) is 18.4. The van der Waals surface area contributed by atoms with Crippen molar-refractivity contribution in [1.29, 1.82) is 0 Å². The fourth-order valence-electron chi connectivity index (χ4n) is 5.16. The topological polar surface area (TPSA) is 57.2 Å². The van der Waals surface area contributed by atoms with Crippen molar-refractivity contribution < 1.29 is 23.7 Å². The summed E-state index contributed by atoms with van der Waals surface area (Å²) in [6.07, 6.45) is 1.22. The maximum atomic E-state index is 12.8. The van der Waals surface area contributed by atoms with Crippen molar-refractivity contribution in [2.24, 2.45) is 0 Å². The fraction of sp³-hybridized carbons (Fsp3) is 0.296. The molecular weight excluding hydrogens is 418 g/mol. The van der Waals surface area contributed by atoms with Gasteiger partial charge in [-0.25, -0.2) is 4.79 Å². The van der Waals surface area contributed by atoms with Gasteiger partial charge in [-0.05, 0) is 65.8 Å². The second-order valence-electron chi connectivity index (χ2n) is 8.51. The normalized spacial score (nSPS) is 17.2. The summed E-state index contributed by atoms with van der Waals surface area (Å²) in [5, 5.41) is 0. The Hall–Kier alpha value is -3.67. The maximum Gasteiger partial charge on any atom is 0.410 e. The molecule has 0 spiro atoms. The largest absolute Gasteiger partial charge is 0.488 e. The quantitative estimate of drug-likeness (QED) is 0.550. The first-order valence-electron chi connectivity index (χ1n) is 11.4. The van der Waals surface area contributed by atoms with E-state index in [2.05, 4.69) is 30.3 Å². The van der Waals surface area contributed by atoms with Gasteiger partial charge in [-0.1, -0.05) is 36.4 Å². The van der Waals surface area contributed by atoms with Gasteiger partial charge in [0.25, 0.3) is 0 Å². The average molecular weight is 443 g/mol. The summed E-state index contributed by atoms with van der Waals surface area (Å²) in [5.74, 6) is 2.31. The number of carbonyl (C=O) groups is 1. The molecule has 0 saturated carbocycles. The van der Waals surface area contributed by atoms with Crippen LogP contribution in [0, 0.1) is 0 Å². The van der Waals surface area contributed by atoms with Crippen LogP contribution in [0.25, 0.3) is 11.1 Å². The standard InChI is InChI=1S/C27H25NO5/c1-2-30-27(29)28-11-10-18-8-9-22(31-15-17-6-4-3-5-7-17)26-20-14-24-23(32-16-33-24)13-19(20)12-21(28)25(18)26/h3-9,13-14,21H,2,10-12,15-16H2,1H3. The minimum atomic E-state index is -0.265. The van der Waals surface area contributed by atoms with Crippen LogP contribution in [0.2, 0.25) is 0 Å². The van der Waals surface area contributed by atoms with E-state index in [9.17, 15) is 4.79 Å². The summed E-state index contributed by atoms with van der Waals surface area (Å²) in [6.45, 7) is 3.53. The first-order valence-corrected chi connectivity index (χ1v) is 11.4. The van der Waals surface area contributed by atoms with Crippen molar-refractivity contribution in [3.63, 3.8) is 0 Å². The van der Waals surface area contributed by atoms with Gasteiger partial charge in [0.1, 0.15) is 12.4 Å². The van der Waals surface area contributed by atoms with E-state index in [1.807, 2.05) is 36.1 Å². The minimum absolute atomic E-state index is 0.101. The van der Waals surface area contributed by atoms with E-state index < -0.39 is 0 Å². The number of ether oxygens (including phenoxy) is 4. The van der Waals surface area contributed by atoms with Crippen LogP contribution >= 0.6 is 0 Å². The highest BCUT2D eigenvalue weighted by molar-refractivity contribution is 5.84. The molecule has 33 heavy (non-hydrogen) atoms. The molecule has 1 atom stereocenters. The smallest absolute Gasteiger partial charge is 0.410 e. The number of nitrogens with zero attached hydrogens (tertiary/aromatic N) is 1. The Balaban J connectivity index is 1.48. The van der Waals surface area contributed by atoms with Gasteiger partial charge in [-0.15, -0.1) is 0 Å². The lowest BCUT2D eigenvalue weighted by molar-refractivity contribution is 0.0861. The highest BCUT2D eigenvalue weighted by Gasteiger charge is 2.39. The Morgan fingerprint density at radius 1 is 1.06 bits per heavy atom. The highest BCUT2D eigenvalue weighted by Crippen LogP contribution is 2.52. The number of rotatable bonds is 4. The highest BCUT2D eigenvalue weighted by atomic mass is 16.7. The van der Waals surface area contributed by atoms with Crippen molar-refractivity contribution in [2.75, 3.05) is 19.9 Å². The Morgan fingerprint density at radius 3 is 2.70 bits per heavy atom. The lowest BCUT2D eigenvalue weighted by Gasteiger charge is -2.41. The van der Waals surface area contributed by atoms with Crippen LogP contribution in [0.4, 0.5) is 4.79 Å². The van der Waals surface area contributed by atoms with E-state index in [1.54, 1.807) is 0 Å². The molecule has 168 valence electrons. The third kappa shape index (κ3) is 3.37. The zero-order valence-electron chi connectivity index (χ0n) is 18.5. The molecule has 6 rings (SSSR count). The molecule has 2 aliphatic heterocycles. The molecule has 0 radical (unpaired) electrons. The summed E-state index contributed by atoms with van der Waals surface area (Å²) in [7, 11) is 0. The SMILES string of the molecule is CCOC(=O)N1CCc2ccc(OCc3ccccc3)c3c2C1Cc1cc2c(cc1-3)OCO2. The van der Waals surface area contributed by atoms with Gasteiger partial charge in [0.2, 0.25) is 6.79 Å². The molecule has 6 heteroatoms. The van der Waals surface area contributed by atoms with Crippen molar-refractivity contribution in [2.45, 2.75) is 32.4 Å². The van der Waals surface area contributed by atoms with Crippen LogP contribution in [0.3, 0.4) is 0 Å². The van der Waals surface area contributed by atoms with Crippen molar-refractivity contribution in [3.8, 4) is 28.4 Å². The van der Waals surface area contributed by atoms with Crippen LogP contribution in [0.15, 0.2) is 54.6 Å². The number of hydrogen-bond donors (Lipinski definition) is 0. The lowest BCUT2D eigenvalue weighted by atomic mass is 9.76. The first kappa shape index (κ1) is 20.0. The fourth-order valence-corrected chi connectivity index (χ4v) is 5.16. The van der Waals surface area contributed by atoms with Crippen molar-refractivity contribution in [1.82, 2.24) is 4.90 Å². The van der Waals surface area contributed by atoms with Gasteiger partial charge in [0.05, 0.1) is 12.6 Å². The molecule has 3 aliphatic rings. The summed E-state index contributed by atoms with van der Waals surface area (Å²) in [4.78, 5) is 14.7. The van der Waals surface area contributed by atoms with Gasteiger partial charge in [0, 0.05) is 12.1 Å². The molecule has 0 fully saturated rings. The van der Waals surface area contributed by atoms with Crippen LogP contribution < -0.4 is 14.2 Å². The molecule has 6 nitrogen and oxygen atoms in total. The van der Waals surface area contributed by atoms with E-state index in [0.717, 1.165) is 51.5 Å². The zero-order valence-corrected chi connectivity index (χ0v) is 18.5. The van der Waals surface area contributed by atoms with Gasteiger partial charge in [-0.3, -0.25) is 0 Å². The third-order valence-electron chi connectivity index (χ3n) is 6.65. The Bertz CT molecular complexity index is 1220. The molecular formula is C27H25NO5. The van der Waals surface area contributed by atoms with Gasteiger partial charge in [0.15, 0.2) is 11.5 Å². The molecule has 0 bridgehead atoms. The monoisotopic (exact) mass is 443 g/mol. The average Bonchev–Trinajstić information content (AvgIpc) is 3.30. The summed E-state index contributed by atoms with van der Waals surface area (Å²) in [5.41, 5.74) is 6.77. The lowest BCUT2D eigenvalue weighted by Crippen LogP contribution is -2.42. The van der Waals surface area contributed by atoms with Crippen molar-refractivity contribution >= 4 is 6.09 Å². The van der Waals surface area contributed by atoms with E-state index >= 15 is 0 Å². The summed E-state index contributed by atoms with van der Waals surface area (Å²) < 4.78 is 23.1. The van der Waals surface area contributed by atoms with E-state index in [4.69, 9.17) is 18.9 Å². The second kappa shape index (κ2) is 8.03. The van der Waals surface area contributed by atoms with Crippen LogP contribution in [-0.4, -0.2) is 30.9 Å². The zero-order chi connectivity index (χ0) is 22.4. The number of benzene rings is 3. The van der Waals surface area contributed by atoms with Crippen LogP contribution in [0.1, 0.15) is 35.2 Å². The third-order valence-corrected chi connectivity index (χ3v) is 6.65. The van der Waals surface area contributed by atoms with E-state index in [-0.39, 0.29) is 18.9 Å². The van der Waals surface area contributed by atoms with Crippen molar-refractivity contribution in [3.05, 3.63) is 76.9 Å². The van der Waals surface area contributed by atoms with Gasteiger partial charge in [-0.2, -0.15) is 0 Å².